The van der Waals surface area contributed by atoms with Crippen LogP contribution in [-0.4, -0.2) is 25.2 Å². The molecule has 0 unspecified atom stereocenters. The quantitative estimate of drug-likeness (QED) is 0.774. The van der Waals surface area contributed by atoms with E-state index in [1.54, 1.807) is 11.7 Å². The van der Waals surface area contributed by atoms with E-state index in [2.05, 4.69) is 22.3 Å². The van der Waals surface area contributed by atoms with E-state index < -0.39 is 0 Å². The maximum Gasteiger partial charge on any atom is 0.264 e. The summed E-state index contributed by atoms with van der Waals surface area (Å²) in [4.78, 5) is 28.7. The summed E-state index contributed by atoms with van der Waals surface area (Å²) >= 11 is 0. The van der Waals surface area contributed by atoms with E-state index in [-0.39, 0.29) is 24.4 Å². The van der Waals surface area contributed by atoms with Crippen molar-refractivity contribution < 1.29 is 4.79 Å². The highest BCUT2D eigenvalue weighted by molar-refractivity contribution is 5.90. The highest BCUT2D eigenvalue weighted by Gasteiger charge is 2.09. The number of aromatic nitrogens is 4. The SMILES string of the molecule is CCc1cccc(NC(=O)CCn2cnc3c(cnn3C)c2=O)c1. The van der Waals surface area contributed by atoms with Crippen LogP contribution in [0.4, 0.5) is 5.69 Å². The second-order valence-corrected chi connectivity index (χ2v) is 5.60. The van der Waals surface area contributed by atoms with E-state index in [4.69, 9.17) is 0 Å². The van der Waals surface area contributed by atoms with Gasteiger partial charge in [0.25, 0.3) is 5.56 Å². The van der Waals surface area contributed by atoms with Crippen molar-refractivity contribution in [2.75, 3.05) is 5.32 Å². The number of nitrogens with one attached hydrogen (secondary N) is 1. The number of hydrogen-bond acceptors (Lipinski definition) is 4. The zero-order valence-electron chi connectivity index (χ0n) is 13.7. The molecule has 7 nitrogen and oxygen atoms in total. The van der Waals surface area contributed by atoms with Gasteiger partial charge < -0.3 is 5.32 Å². The lowest BCUT2D eigenvalue weighted by Crippen LogP contribution is -2.23. The first kappa shape index (κ1) is 15.9. The molecule has 124 valence electrons. The molecular formula is C17H19N5O2. The lowest BCUT2D eigenvalue weighted by Gasteiger charge is -2.08. The molecule has 2 aromatic heterocycles. The summed E-state index contributed by atoms with van der Waals surface area (Å²) in [6.07, 6.45) is 4.06. The number of fused-ring (bicyclic) bond motifs is 1. The lowest BCUT2D eigenvalue weighted by atomic mass is 10.1. The number of amides is 1. The van der Waals surface area contributed by atoms with E-state index in [9.17, 15) is 9.59 Å². The Morgan fingerprint density at radius 2 is 2.17 bits per heavy atom. The number of carbonyl (C=O) groups excluding carboxylic acids is 1. The second kappa shape index (κ2) is 6.66. The van der Waals surface area contributed by atoms with Crippen molar-refractivity contribution in [1.29, 1.82) is 0 Å². The summed E-state index contributed by atoms with van der Waals surface area (Å²) in [6.45, 7) is 2.34. The van der Waals surface area contributed by atoms with Crippen LogP contribution in [0.3, 0.4) is 0 Å². The van der Waals surface area contributed by atoms with Gasteiger partial charge in [-0.15, -0.1) is 0 Å². The second-order valence-electron chi connectivity index (χ2n) is 5.60. The zero-order chi connectivity index (χ0) is 17.1. The lowest BCUT2D eigenvalue weighted by molar-refractivity contribution is -0.116. The summed E-state index contributed by atoms with van der Waals surface area (Å²) in [7, 11) is 1.73. The van der Waals surface area contributed by atoms with Gasteiger partial charge in [-0.05, 0) is 24.1 Å². The summed E-state index contributed by atoms with van der Waals surface area (Å²) in [5, 5.41) is 7.34. The van der Waals surface area contributed by atoms with Crippen molar-refractivity contribution in [3.05, 3.63) is 52.7 Å². The average Bonchev–Trinajstić information content (AvgIpc) is 2.96. The smallest absolute Gasteiger partial charge is 0.264 e. The number of anilines is 1. The van der Waals surface area contributed by atoms with Crippen molar-refractivity contribution in [2.45, 2.75) is 26.3 Å². The molecule has 0 atom stereocenters. The highest BCUT2D eigenvalue weighted by atomic mass is 16.2. The van der Waals surface area contributed by atoms with Gasteiger partial charge in [-0.25, -0.2) is 4.98 Å². The summed E-state index contributed by atoms with van der Waals surface area (Å²) in [5.41, 5.74) is 2.29. The minimum Gasteiger partial charge on any atom is -0.326 e. The Bertz CT molecular complexity index is 942. The van der Waals surface area contributed by atoms with Gasteiger partial charge >= 0.3 is 0 Å². The average molecular weight is 325 g/mol. The Morgan fingerprint density at radius 3 is 2.96 bits per heavy atom. The number of benzene rings is 1. The molecule has 1 aromatic carbocycles. The van der Waals surface area contributed by atoms with Crippen molar-refractivity contribution >= 4 is 22.6 Å². The Kier molecular flexibility index (Phi) is 4.41. The fourth-order valence-corrected chi connectivity index (χ4v) is 2.54. The first-order valence-electron chi connectivity index (χ1n) is 7.84. The Balaban J connectivity index is 1.68. The minimum absolute atomic E-state index is 0.138. The van der Waals surface area contributed by atoms with Crippen LogP contribution >= 0.6 is 0 Å². The molecule has 0 aliphatic rings. The van der Waals surface area contributed by atoms with Gasteiger partial charge in [-0.3, -0.25) is 18.8 Å². The standard InChI is InChI=1S/C17H19N5O2/c1-3-12-5-4-6-13(9-12)20-15(23)7-8-22-11-18-16-14(17(22)24)10-19-21(16)2/h4-6,9-11H,3,7-8H2,1-2H3,(H,20,23). The van der Waals surface area contributed by atoms with Crippen LogP contribution < -0.4 is 10.9 Å². The molecular weight excluding hydrogens is 306 g/mol. The van der Waals surface area contributed by atoms with Crippen LogP contribution in [0.5, 0.6) is 0 Å². The van der Waals surface area contributed by atoms with Gasteiger partial charge in [0.15, 0.2) is 5.65 Å². The fraction of sp³-hybridized carbons (Fsp3) is 0.294. The fourth-order valence-electron chi connectivity index (χ4n) is 2.54. The minimum atomic E-state index is -0.186. The maximum absolute atomic E-state index is 12.3. The zero-order valence-corrected chi connectivity index (χ0v) is 13.7. The largest absolute Gasteiger partial charge is 0.326 e. The molecule has 0 saturated carbocycles. The van der Waals surface area contributed by atoms with Gasteiger partial charge in [0.1, 0.15) is 5.39 Å². The number of nitrogens with zero attached hydrogens (tertiary/aromatic N) is 4. The summed E-state index contributed by atoms with van der Waals surface area (Å²) in [6, 6.07) is 7.74. The van der Waals surface area contributed by atoms with Crippen molar-refractivity contribution in [3.8, 4) is 0 Å². The Hall–Kier alpha value is -2.96. The molecule has 2 heterocycles. The molecule has 1 amide bonds. The number of aryl methyl sites for hydroxylation is 3. The third-order valence-corrected chi connectivity index (χ3v) is 3.92. The molecule has 0 bridgehead atoms. The topological polar surface area (TPSA) is 81.8 Å². The third-order valence-electron chi connectivity index (χ3n) is 3.92. The normalized spacial score (nSPS) is 10.9. The molecule has 7 heteroatoms. The molecule has 24 heavy (non-hydrogen) atoms. The van der Waals surface area contributed by atoms with E-state index in [1.165, 1.54) is 17.1 Å². The van der Waals surface area contributed by atoms with Gasteiger partial charge in [0.05, 0.1) is 12.5 Å². The highest BCUT2D eigenvalue weighted by Crippen LogP contribution is 2.11. The first-order chi connectivity index (χ1) is 11.6. The molecule has 0 radical (unpaired) electrons. The van der Waals surface area contributed by atoms with E-state index in [0.717, 1.165) is 17.7 Å². The predicted octanol–water partition coefficient (Wildman–Crippen LogP) is 1.72. The van der Waals surface area contributed by atoms with E-state index >= 15 is 0 Å². The predicted molar refractivity (Wildman–Crippen MR) is 91.8 cm³/mol. The van der Waals surface area contributed by atoms with Gasteiger partial charge in [0.2, 0.25) is 5.91 Å². The van der Waals surface area contributed by atoms with Crippen LogP contribution in [0.25, 0.3) is 11.0 Å². The molecule has 3 rings (SSSR count). The monoisotopic (exact) mass is 325 g/mol. The number of rotatable bonds is 5. The maximum atomic E-state index is 12.3. The molecule has 0 spiro atoms. The van der Waals surface area contributed by atoms with E-state index in [1.807, 2.05) is 24.3 Å². The van der Waals surface area contributed by atoms with E-state index in [0.29, 0.717) is 11.0 Å². The Labute approximate surface area is 138 Å². The molecule has 1 N–H and O–H groups in total. The van der Waals surface area contributed by atoms with Gasteiger partial charge in [-0.1, -0.05) is 19.1 Å². The molecule has 0 aliphatic heterocycles. The van der Waals surface area contributed by atoms with Crippen LogP contribution in [0, 0.1) is 0 Å². The first-order valence-corrected chi connectivity index (χ1v) is 7.84. The van der Waals surface area contributed by atoms with Crippen LogP contribution in [-0.2, 0) is 24.8 Å². The van der Waals surface area contributed by atoms with Crippen LogP contribution in [0.15, 0.2) is 41.6 Å². The Morgan fingerprint density at radius 1 is 1.33 bits per heavy atom. The molecule has 0 saturated heterocycles. The van der Waals surface area contributed by atoms with Gasteiger partial charge in [-0.2, -0.15) is 5.10 Å². The van der Waals surface area contributed by atoms with Crippen molar-refractivity contribution in [2.24, 2.45) is 7.05 Å². The van der Waals surface area contributed by atoms with Crippen LogP contribution in [0.1, 0.15) is 18.9 Å². The summed E-state index contributed by atoms with van der Waals surface area (Å²) < 4.78 is 2.99. The summed E-state index contributed by atoms with van der Waals surface area (Å²) in [5.74, 6) is -0.138. The number of carbonyl (C=O) groups is 1. The van der Waals surface area contributed by atoms with Crippen molar-refractivity contribution in [3.63, 3.8) is 0 Å². The van der Waals surface area contributed by atoms with Crippen LogP contribution in [0.2, 0.25) is 0 Å². The molecule has 0 fully saturated rings. The van der Waals surface area contributed by atoms with Gasteiger partial charge in [0, 0.05) is 25.7 Å². The molecule has 3 aromatic rings. The van der Waals surface area contributed by atoms with Crippen molar-refractivity contribution in [1.82, 2.24) is 19.3 Å². The molecule has 0 aliphatic carbocycles. The third kappa shape index (κ3) is 3.19. The number of hydrogen-bond donors (Lipinski definition) is 1.